The molecule has 1 heterocycles. The molecule has 3 rings (SSSR count). The maximum Gasteiger partial charge on any atom is 0.336 e. The van der Waals surface area contributed by atoms with E-state index in [-0.39, 0.29) is 11.9 Å². The minimum absolute atomic E-state index is 0.244. The second kappa shape index (κ2) is 8.31. The van der Waals surface area contributed by atoms with Crippen molar-refractivity contribution >= 4 is 23.3 Å². The number of carbonyl (C=O) groups excluding carboxylic acids is 1. The molecule has 1 unspecified atom stereocenters. The molecule has 0 aliphatic carbocycles. The van der Waals surface area contributed by atoms with Gasteiger partial charge in [0.05, 0.1) is 19.3 Å². The summed E-state index contributed by atoms with van der Waals surface area (Å²) in [7, 11) is 1.63. The van der Waals surface area contributed by atoms with Gasteiger partial charge in [-0.3, -0.25) is 0 Å². The Morgan fingerprint density at radius 1 is 1.19 bits per heavy atom. The minimum Gasteiger partial charge on any atom is -0.497 e. The number of carbonyl (C=O) groups is 1. The van der Waals surface area contributed by atoms with Crippen molar-refractivity contribution in [3.63, 3.8) is 0 Å². The molecule has 5 heteroatoms. The van der Waals surface area contributed by atoms with Gasteiger partial charge in [0.1, 0.15) is 5.75 Å². The van der Waals surface area contributed by atoms with Gasteiger partial charge in [0, 0.05) is 22.3 Å². The van der Waals surface area contributed by atoms with Crippen LogP contribution in [0.3, 0.4) is 0 Å². The van der Waals surface area contributed by atoms with Crippen molar-refractivity contribution in [3.05, 3.63) is 82.0 Å². The Labute approximate surface area is 164 Å². The zero-order chi connectivity index (χ0) is 19.4. The van der Waals surface area contributed by atoms with Crippen LogP contribution < -0.4 is 10.1 Å². The third kappa shape index (κ3) is 4.17. The summed E-state index contributed by atoms with van der Waals surface area (Å²) in [5.41, 5.74) is 4.25. The average Bonchev–Trinajstić information content (AvgIpc) is 2.68. The van der Waals surface area contributed by atoms with Crippen molar-refractivity contribution in [3.8, 4) is 5.75 Å². The Bertz CT molecular complexity index is 900. The molecule has 0 radical (unpaired) electrons. The largest absolute Gasteiger partial charge is 0.497 e. The molecule has 1 aliphatic heterocycles. The fraction of sp³-hybridized carbons (Fsp3) is 0.227. The van der Waals surface area contributed by atoms with E-state index in [4.69, 9.17) is 21.1 Å². The lowest BCUT2D eigenvalue weighted by Gasteiger charge is -2.27. The van der Waals surface area contributed by atoms with Crippen molar-refractivity contribution < 1.29 is 14.3 Å². The Morgan fingerprint density at radius 3 is 2.59 bits per heavy atom. The van der Waals surface area contributed by atoms with Crippen LogP contribution in [0.25, 0.3) is 5.70 Å². The van der Waals surface area contributed by atoms with Crippen molar-refractivity contribution in [2.24, 2.45) is 0 Å². The summed E-state index contributed by atoms with van der Waals surface area (Å²) in [6, 6.07) is 15.3. The lowest BCUT2D eigenvalue weighted by Crippen LogP contribution is -2.26. The van der Waals surface area contributed by atoms with Crippen molar-refractivity contribution in [2.75, 3.05) is 13.7 Å². The van der Waals surface area contributed by atoms with Gasteiger partial charge in [-0.15, -0.1) is 0 Å². The highest BCUT2D eigenvalue weighted by atomic mass is 35.5. The number of hydrogen-bond donors (Lipinski definition) is 1. The topological polar surface area (TPSA) is 47.6 Å². The number of ether oxygens (including phenoxy) is 2. The van der Waals surface area contributed by atoms with E-state index in [2.05, 4.69) is 5.32 Å². The summed E-state index contributed by atoms with van der Waals surface area (Å²) in [4.78, 5) is 12.6. The number of esters is 1. The molecule has 1 N–H and O–H groups in total. The number of rotatable bonds is 5. The van der Waals surface area contributed by atoms with Gasteiger partial charge in [0.2, 0.25) is 0 Å². The van der Waals surface area contributed by atoms with Crippen LogP contribution in [0.5, 0.6) is 5.75 Å². The number of dihydropyridines is 1. The van der Waals surface area contributed by atoms with Gasteiger partial charge in [-0.2, -0.15) is 0 Å². The van der Waals surface area contributed by atoms with Crippen molar-refractivity contribution in [2.45, 2.75) is 19.8 Å². The highest BCUT2D eigenvalue weighted by molar-refractivity contribution is 6.30. The van der Waals surface area contributed by atoms with Crippen LogP contribution in [0.4, 0.5) is 0 Å². The van der Waals surface area contributed by atoms with E-state index < -0.39 is 0 Å². The number of hydrogen-bond acceptors (Lipinski definition) is 4. The summed E-state index contributed by atoms with van der Waals surface area (Å²) in [5, 5.41) is 4.02. The van der Waals surface area contributed by atoms with Crippen LogP contribution in [0.2, 0.25) is 5.02 Å². The first-order valence-electron chi connectivity index (χ1n) is 8.80. The van der Waals surface area contributed by atoms with Gasteiger partial charge in [0.25, 0.3) is 0 Å². The smallest absolute Gasteiger partial charge is 0.336 e. The predicted molar refractivity (Wildman–Crippen MR) is 108 cm³/mol. The second-order valence-electron chi connectivity index (χ2n) is 6.23. The number of nitrogens with one attached hydrogen (secondary N) is 1. The van der Waals surface area contributed by atoms with E-state index in [1.807, 2.05) is 61.5 Å². The molecule has 0 saturated carbocycles. The Kier molecular flexibility index (Phi) is 5.87. The molecule has 0 amide bonds. The molecule has 27 heavy (non-hydrogen) atoms. The summed E-state index contributed by atoms with van der Waals surface area (Å²) in [6.07, 6.45) is 2.04. The third-order valence-electron chi connectivity index (χ3n) is 4.47. The quantitative estimate of drug-likeness (QED) is 0.745. The van der Waals surface area contributed by atoms with Gasteiger partial charge in [-0.05, 0) is 55.3 Å². The Morgan fingerprint density at radius 2 is 1.93 bits per heavy atom. The average molecular weight is 384 g/mol. The first kappa shape index (κ1) is 19.1. The van der Waals surface area contributed by atoms with E-state index in [1.54, 1.807) is 14.0 Å². The molecule has 1 aliphatic rings. The molecular weight excluding hydrogens is 362 g/mol. The number of halogens is 1. The lowest BCUT2D eigenvalue weighted by atomic mass is 9.85. The second-order valence-corrected chi connectivity index (χ2v) is 6.66. The fourth-order valence-corrected chi connectivity index (χ4v) is 3.30. The van der Waals surface area contributed by atoms with Gasteiger partial charge in [0.15, 0.2) is 0 Å². The standard InChI is InChI=1S/C22H22ClNO3/c1-4-27-22(25)21-14(2)24-20(15-8-10-17(23)11-9-15)13-19(21)16-6-5-7-18(12-16)26-3/h5-13,19,24H,4H2,1-3H3. The summed E-state index contributed by atoms with van der Waals surface area (Å²) in [5.74, 6) is 0.182. The molecule has 0 aromatic heterocycles. The van der Waals surface area contributed by atoms with E-state index in [0.717, 1.165) is 28.3 Å². The zero-order valence-corrected chi connectivity index (χ0v) is 16.3. The molecule has 0 bridgehead atoms. The van der Waals surface area contributed by atoms with E-state index in [1.165, 1.54) is 0 Å². The van der Waals surface area contributed by atoms with Crippen LogP contribution in [0.15, 0.2) is 65.9 Å². The maximum atomic E-state index is 12.6. The van der Waals surface area contributed by atoms with Crippen LogP contribution in [-0.4, -0.2) is 19.7 Å². The molecule has 140 valence electrons. The molecule has 0 saturated heterocycles. The van der Waals surface area contributed by atoms with Crippen molar-refractivity contribution in [1.82, 2.24) is 5.32 Å². The van der Waals surface area contributed by atoms with Crippen molar-refractivity contribution in [1.29, 1.82) is 0 Å². The summed E-state index contributed by atoms with van der Waals surface area (Å²) < 4.78 is 10.7. The molecule has 2 aromatic rings. The summed E-state index contributed by atoms with van der Waals surface area (Å²) in [6.45, 7) is 4.02. The van der Waals surface area contributed by atoms with E-state index >= 15 is 0 Å². The Hall–Kier alpha value is -2.72. The van der Waals surface area contributed by atoms with E-state index in [0.29, 0.717) is 17.2 Å². The zero-order valence-electron chi connectivity index (χ0n) is 15.6. The molecule has 0 spiro atoms. The highest BCUT2D eigenvalue weighted by Gasteiger charge is 2.29. The first-order valence-corrected chi connectivity index (χ1v) is 9.18. The normalized spacial score (nSPS) is 16.4. The van der Waals surface area contributed by atoms with Gasteiger partial charge in [-0.1, -0.05) is 35.9 Å². The molecule has 2 aromatic carbocycles. The van der Waals surface area contributed by atoms with E-state index in [9.17, 15) is 4.79 Å². The number of methoxy groups -OCH3 is 1. The molecule has 4 nitrogen and oxygen atoms in total. The third-order valence-corrected chi connectivity index (χ3v) is 4.73. The molecule has 1 atom stereocenters. The first-order chi connectivity index (χ1) is 13.0. The number of allylic oxidation sites excluding steroid dienone is 2. The fourth-order valence-electron chi connectivity index (χ4n) is 3.18. The Balaban J connectivity index is 2.08. The van der Waals surface area contributed by atoms with Crippen LogP contribution in [0.1, 0.15) is 30.9 Å². The van der Waals surface area contributed by atoms with Crippen LogP contribution in [0, 0.1) is 0 Å². The maximum absolute atomic E-state index is 12.6. The van der Waals surface area contributed by atoms with Gasteiger partial charge < -0.3 is 14.8 Å². The SMILES string of the molecule is CCOC(=O)C1=C(C)NC(c2ccc(Cl)cc2)=CC1c1cccc(OC)c1. The predicted octanol–water partition coefficient (Wildman–Crippen LogP) is 4.91. The van der Waals surface area contributed by atoms with Crippen LogP contribution in [-0.2, 0) is 9.53 Å². The minimum atomic E-state index is -0.318. The highest BCUT2D eigenvalue weighted by Crippen LogP contribution is 2.36. The monoisotopic (exact) mass is 383 g/mol. The summed E-state index contributed by atoms with van der Waals surface area (Å²) >= 11 is 6.01. The molecular formula is C22H22ClNO3. The van der Waals surface area contributed by atoms with Gasteiger partial charge >= 0.3 is 5.97 Å². The van der Waals surface area contributed by atoms with Crippen LogP contribution >= 0.6 is 11.6 Å². The van der Waals surface area contributed by atoms with Gasteiger partial charge in [-0.25, -0.2) is 4.79 Å². The lowest BCUT2D eigenvalue weighted by molar-refractivity contribution is -0.138. The number of benzene rings is 2. The molecule has 0 fully saturated rings.